The summed E-state index contributed by atoms with van der Waals surface area (Å²) < 4.78 is 10.5. The van der Waals surface area contributed by atoms with Crippen molar-refractivity contribution >= 4 is 11.6 Å². The number of rotatable bonds is 7. The first kappa shape index (κ1) is 16.6. The van der Waals surface area contributed by atoms with E-state index >= 15 is 0 Å². The second kappa shape index (κ2) is 8.01. The molecule has 1 aromatic carbocycles. The molecule has 0 atom stereocenters. The van der Waals surface area contributed by atoms with E-state index in [1.807, 2.05) is 25.1 Å². The third kappa shape index (κ3) is 4.61. The fraction of sp³-hybridized carbons (Fsp3) is 0.353. The maximum Gasteiger partial charge on any atom is 0.216 e. The van der Waals surface area contributed by atoms with Crippen LogP contribution in [-0.2, 0) is 13.0 Å². The summed E-state index contributed by atoms with van der Waals surface area (Å²) in [5.74, 6) is 1.38. The van der Waals surface area contributed by atoms with E-state index in [0.717, 1.165) is 35.8 Å². The molecule has 0 spiro atoms. The van der Waals surface area contributed by atoms with Crippen LogP contribution in [0, 0.1) is 6.92 Å². The lowest BCUT2D eigenvalue weighted by Crippen LogP contribution is -2.17. The maximum atomic E-state index is 6.07. The lowest BCUT2D eigenvalue weighted by molar-refractivity contribution is 0.382. The highest BCUT2D eigenvalue weighted by atomic mass is 35.5. The number of methoxy groups -OCH3 is 2. The molecule has 1 N–H and O–H groups in total. The van der Waals surface area contributed by atoms with E-state index in [-0.39, 0.29) is 0 Å². The Morgan fingerprint density at radius 2 is 1.95 bits per heavy atom. The van der Waals surface area contributed by atoms with E-state index in [9.17, 15) is 0 Å². The Morgan fingerprint density at radius 1 is 1.14 bits per heavy atom. The Kier molecular flexibility index (Phi) is 6.04. The third-order valence-electron chi connectivity index (χ3n) is 3.33. The van der Waals surface area contributed by atoms with Crippen LogP contribution in [0.5, 0.6) is 11.6 Å². The predicted octanol–water partition coefficient (Wildman–Crippen LogP) is 3.39. The van der Waals surface area contributed by atoms with Crippen molar-refractivity contribution in [2.75, 3.05) is 20.8 Å². The summed E-state index contributed by atoms with van der Waals surface area (Å²) in [5, 5.41) is 4.18. The van der Waals surface area contributed by atoms with Gasteiger partial charge in [-0.1, -0.05) is 17.7 Å². The lowest BCUT2D eigenvalue weighted by Gasteiger charge is -2.10. The molecule has 0 aliphatic heterocycles. The third-order valence-corrected chi connectivity index (χ3v) is 3.55. The van der Waals surface area contributed by atoms with Crippen LogP contribution in [0.1, 0.15) is 16.7 Å². The summed E-state index contributed by atoms with van der Waals surface area (Å²) in [6.07, 6.45) is 2.47. The molecule has 0 amide bonds. The number of halogens is 1. The quantitative estimate of drug-likeness (QED) is 0.794. The van der Waals surface area contributed by atoms with Gasteiger partial charge in [0, 0.05) is 17.1 Å². The van der Waals surface area contributed by atoms with E-state index in [4.69, 9.17) is 21.1 Å². The normalized spacial score (nSPS) is 10.5. The van der Waals surface area contributed by atoms with Gasteiger partial charge in [0.2, 0.25) is 5.88 Å². The maximum absolute atomic E-state index is 6.07. The van der Waals surface area contributed by atoms with Gasteiger partial charge >= 0.3 is 0 Å². The fourth-order valence-electron chi connectivity index (χ4n) is 2.32. The van der Waals surface area contributed by atoms with E-state index in [1.165, 1.54) is 11.1 Å². The fourth-order valence-corrected chi connectivity index (χ4v) is 2.63. The Bertz CT molecular complexity index is 612. The van der Waals surface area contributed by atoms with Crippen molar-refractivity contribution in [3.8, 4) is 11.6 Å². The minimum atomic E-state index is 0.640. The van der Waals surface area contributed by atoms with Crippen molar-refractivity contribution in [2.24, 2.45) is 0 Å². The van der Waals surface area contributed by atoms with Gasteiger partial charge in [-0.15, -0.1) is 0 Å². The molecule has 1 aromatic heterocycles. The van der Waals surface area contributed by atoms with Crippen molar-refractivity contribution in [2.45, 2.75) is 19.9 Å². The Hall–Kier alpha value is -1.78. The Labute approximate surface area is 136 Å². The molecule has 0 fully saturated rings. The van der Waals surface area contributed by atoms with Crippen LogP contribution >= 0.6 is 11.6 Å². The second-order valence-electron chi connectivity index (χ2n) is 5.11. The number of aryl methyl sites for hydroxylation is 1. The number of aromatic nitrogens is 1. The van der Waals surface area contributed by atoms with Gasteiger partial charge in [-0.2, -0.15) is 0 Å². The number of ether oxygens (including phenoxy) is 2. The molecular weight excluding hydrogens is 300 g/mol. The van der Waals surface area contributed by atoms with Gasteiger partial charge in [-0.25, -0.2) is 4.98 Å². The summed E-state index contributed by atoms with van der Waals surface area (Å²) in [4.78, 5) is 4.24. The summed E-state index contributed by atoms with van der Waals surface area (Å²) >= 11 is 6.07. The minimum Gasteiger partial charge on any atom is -0.495 e. The van der Waals surface area contributed by atoms with Crippen LogP contribution in [0.3, 0.4) is 0 Å². The van der Waals surface area contributed by atoms with Crippen molar-refractivity contribution in [3.63, 3.8) is 0 Å². The van der Waals surface area contributed by atoms with Gasteiger partial charge in [-0.05, 0) is 49.2 Å². The van der Waals surface area contributed by atoms with Crippen LogP contribution in [0.25, 0.3) is 0 Å². The molecule has 0 saturated carbocycles. The van der Waals surface area contributed by atoms with Gasteiger partial charge in [0.05, 0.1) is 20.4 Å². The standard InChI is InChI=1S/C17H21ClN2O2/c1-12-6-13(8-15(18)7-12)10-19-5-4-14-9-16(21-2)11-20-17(14)22-3/h6-9,11,19H,4-5,10H2,1-3H3. The highest BCUT2D eigenvalue weighted by molar-refractivity contribution is 6.30. The molecule has 22 heavy (non-hydrogen) atoms. The number of pyridine rings is 1. The van der Waals surface area contributed by atoms with Crippen LogP contribution in [0.15, 0.2) is 30.5 Å². The van der Waals surface area contributed by atoms with E-state index in [2.05, 4.69) is 16.4 Å². The summed E-state index contributed by atoms with van der Waals surface area (Å²) in [5.41, 5.74) is 3.38. The molecular formula is C17H21ClN2O2. The predicted molar refractivity (Wildman–Crippen MR) is 88.9 cm³/mol. The van der Waals surface area contributed by atoms with Crippen molar-refractivity contribution in [1.82, 2.24) is 10.3 Å². The SMILES string of the molecule is COc1cnc(OC)c(CCNCc2cc(C)cc(Cl)c2)c1. The second-order valence-corrected chi connectivity index (χ2v) is 5.54. The molecule has 1 heterocycles. The number of hydrogen-bond donors (Lipinski definition) is 1. The smallest absolute Gasteiger partial charge is 0.216 e. The number of nitrogens with zero attached hydrogens (tertiary/aromatic N) is 1. The molecule has 118 valence electrons. The summed E-state index contributed by atoms with van der Waals surface area (Å²) in [6.45, 7) is 3.64. The molecule has 0 bridgehead atoms. The first-order valence-corrected chi connectivity index (χ1v) is 7.54. The summed E-state index contributed by atoms with van der Waals surface area (Å²) in [7, 11) is 3.26. The van der Waals surface area contributed by atoms with Gasteiger partial charge < -0.3 is 14.8 Å². The van der Waals surface area contributed by atoms with E-state index in [1.54, 1.807) is 20.4 Å². The van der Waals surface area contributed by atoms with Gasteiger partial charge in [0.1, 0.15) is 5.75 Å². The topological polar surface area (TPSA) is 43.4 Å². The highest BCUT2D eigenvalue weighted by Gasteiger charge is 2.06. The van der Waals surface area contributed by atoms with Crippen LogP contribution in [0.2, 0.25) is 5.02 Å². The highest BCUT2D eigenvalue weighted by Crippen LogP contribution is 2.21. The Morgan fingerprint density at radius 3 is 2.64 bits per heavy atom. The molecule has 5 heteroatoms. The largest absolute Gasteiger partial charge is 0.495 e. The van der Waals surface area contributed by atoms with Crippen molar-refractivity contribution in [1.29, 1.82) is 0 Å². The van der Waals surface area contributed by atoms with Gasteiger partial charge in [0.25, 0.3) is 0 Å². The zero-order valence-corrected chi connectivity index (χ0v) is 13.9. The lowest BCUT2D eigenvalue weighted by atomic mass is 10.1. The van der Waals surface area contributed by atoms with E-state index < -0.39 is 0 Å². The van der Waals surface area contributed by atoms with Crippen LogP contribution in [-0.4, -0.2) is 25.7 Å². The molecule has 0 radical (unpaired) electrons. The van der Waals surface area contributed by atoms with Crippen LogP contribution < -0.4 is 14.8 Å². The monoisotopic (exact) mass is 320 g/mol. The van der Waals surface area contributed by atoms with Crippen molar-refractivity contribution in [3.05, 3.63) is 52.2 Å². The summed E-state index contributed by atoms with van der Waals surface area (Å²) in [6, 6.07) is 8.02. The zero-order chi connectivity index (χ0) is 15.9. The van der Waals surface area contributed by atoms with Gasteiger partial charge in [0.15, 0.2) is 0 Å². The average molecular weight is 321 g/mol. The molecule has 0 unspecified atom stereocenters. The number of hydrogen-bond acceptors (Lipinski definition) is 4. The molecule has 2 aromatic rings. The molecule has 2 rings (SSSR count). The van der Waals surface area contributed by atoms with Crippen molar-refractivity contribution < 1.29 is 9.47 Å². The first-order chi connectivity index (χ1) is 10.6. The average Bonchev–Trinajstić information content (AvgIpc) is 2.50. The molecule has 4 nitrogen and oxygen atoms in total. The minimum absolute atomic E-state index is 0.640. The Balaban J connectivity index is 1.90. The number of benzene rings is 1. The zero-order valence-electron chi connectivity index (χ0n) is 13.1. The first-order valence-electron chi connectivity index (χ1n) is 7.16. The van der Waals surface area contributed by atoms with Crippen LogP contribution in [0.4, 0.5) is 0 Å². The molecule has 0 aliphatic carbocycles. The molecule has 0 aliphatic rings. The van der Waals surface area contributed by atoms with Gasteiger partial charge in [-0.3, -0.25) is 0 Å². The molecule has 0 saturated heterocycles. The number of nitrogens with one attached hydrogen (secondary N) is 1. The van der Waals surface area contributed by atoms with E-state index in [0.29, 0.717) is 5.88 Å².